The third-order valence-electron chi connectivity index (χ3n) is 2.76. The molecule has 19 heavy (non-hydrogen) atoms. The highest BCUT2D eigenvalue weighted by atomic mass is 16.5. The van der Waals surface area contributed by atoms with Crippen LogP contribution < -0.4 is 14.2 Å². The van der Waals surface area contributed by atoms with E-state index in [1.165, 1.54) is 0 Å². The van der Waals surface area contributed by atoms with Gasteiger partial charge in [-0.2, -0.15) is 5.26 Å². The predicted molar refractivity (Wildman–Crippen MR) is 70.8 cm³/mol. The normalized spacial score (nSPS) is 11.5. The van der Waals surface area contributed by atoms with E-state index < -0.39 is 0 Å². The van der Waals surface area contributed by atoms with Gasteiger partial charge in [0.2, 0.25) is 5.75 Å². The van der Waals surface area contributed by atoms with Crippen molar-refractivity contribution in [2.75, 3.05) is 35.0 Å². The van der Waals surface area contributed by atoms with E-state index in [0.717, 1.165) is 5.56 Å². The first-order chi connectivity index (χ1) is 9.19. The molecule has 0 aliphatic rings. The van der Waals surface area contributed by atoms with Gasteiger partial charge in [0, 0.05) is 7.11 Å². The van der Waals surface area contributed by atoms with Crippen LogP contribution in [-0.4, -0.2) is 35.0 Å². The lowest BCUT2D eigenvalue weighted by Gasteiger charge is -2.15. The lowest BCUT2D eigenvalue weighted by Crippen LogP contribution is -2.09. The third kappa shape index (κ3) is 3.76. The summed E-state index contributed by atoms with van der Waals surface area (Å²) in [5, 5.41) is 9.06. The fourth-order valence-electron chi connectivity index (χ4n) is 1.88. The Morgan fingerprint density at radius 2 is 1.63 bits per heavy atom. The summed E-state index contributed by atoms with van der Waals surface area (Å²) in [5.74, 6) is 1.53. The SMILES string of the molecule is COC[C@H](C#N)Cc1cc(OC)c(OC)c(OC)c1. The van der Waals surface area contributed by atoms with Gasteiger partial charge in [0.1, 0.15) is 0 Å². The zero-order chi connectivity index (χ0) is 14.3. The fourth-order valence-corrected chi connectivity index (χ4v) is 1.88. The minimum atomic E-state index is -0.201. The van der Waals surface area contributed by atoms with Gasteiger partial charge in [0.25, 0.3) is 0 Å². The molecular formula is C14H19NO4. The van der Waals surface area contributed by atoms with Crippen molar-refractivity contribution in [1.82, 2.24) is 0 Å². The molecule has 0 radical (unpaired) electrons. The van der Waals surface area contributed by atoms with E-state index in [2.05, 4.69) is 6.07 Å². The van der Waals surface area contributed by atoms with Crippen molar-refractivity contribution in [2.45, 2.75) is 6.42 Å². The molecule has 104 valence electrons. The largest absolute Gasteiger partial charge is 0.493 e. The number of benzene rings is 1. The van der Waals surface area contributed by atoms with E-state index in [1.807, 2.05) is 12.1 Å². The van der Waals surface area contributed by atoms with Gasteiger partial charge in [0.05, 0.1) is 39.9 Å². The van der Waals surface area contributed by atoms with Crippen molar-refractivity contribution >= 4 is 0 Å². The average Bonchev–Trinajstić information content (AvgIpc) is 2.45. The Balaban J connectivity index is 3.06. The van der Waals surface area contributed by atoms with Crippen molar-refractivity contribution in [2.24, 2.45) is 5.92 Å². The van der Waals surface area contributed by atoms with Crippen molar-refractivity contribution in [1.29, 1.82) is 5.26 Å². The Hall–Kier alpha value is -1.93. The monoisotopic (exact) mass is 265 g/mol. The van der Waals surface area contributed by atoms with Gasteiger partial charge < -0.3 is 18.9 Å². The van der Waals surface area contributed by atoms with Crippen molar-refractivity contribution in [3.8, 4) is 23.3 Å². The zero-order valence-corrected chi connectivity index (χ0v) is 11.7. The van der Waals surface area contributed by atoms with Crippen molar-refractivity contribution in [3.63, 3.8) is 0 Å². The molecular weight excluding hydrogens is 246 g/mol. The number of nitrogens with zero attached hydrogens (tertiary/aromatic N) is 1. The van der Waals surface area contributed by atoms with E-state index in [0.29, 0.717) is 30.3 Å². The van der Waals surface area contributed by atoms with Crippen LogP contribution in [0, 0.1) is 17.2 Å². The Kier molecular flexibility index (Phi) is 5.97. The molecule has 0 heterocycles. The summed E-state index contributed by atoms with van der Waals surface area (Å²) in [6.45, 7) is 0.396. The van der Waals surface area contributed by atoms with Crippen LogP contribution in [0.5, 0.6) is 17.2 Å². The van der Waals surface area contributed by atoms with Crippen LogP contribution in [0.3, 0.4) is 0 Å². The molecule has 0 bridgehead atoms. The van der Waals surface area contributed by atoms with Gasteiger partial charge in [-0.1, -0.05) is 0 Å². The second-order valence-corrected chi connectivity index (χ2v) is 4.02. The number of methoxy groups -OCH3 is 4. The van der Waals surface area contributed by atoms with Gasteiger partial charge in [-0.25, -0.2) is 0 Å². The van der Waals surface area contributed by atoms with Crippen LogP contribution in [0.2, 0.25) is 0 Å². The summed E-state index contributed by atoms with van der Waals surface area (Å²) in [4.78, 5) is 0. The second-order valence-electron chi connectivity index (χ2n) is 4.02. The van der Waals surface area contributed by atoms with Gasteiger partial charge in [-0.15, -0.1) is 0 Å². The Morgan fingerprint density at radius 1 is 1.05 bits per heavy atom. The molecule has 0 spiro atoms. The molecule has 5 nitrogen and oxygen atoms in total. The first kappa shape index (κ1) is 15.1. The number of ether oxygens (including phenoxy) is 4. The molecule has 1 aromatic rings. The summed E-state index contributed by atoms with van der Waals surface area (Å²) in [6, 6.07) is 5.91. The number of rotatable bonds is 7. The summed E-state index contributed by atoms with van der Waals surface area (Å²) in [5.41, 5.74) is 0.943. The Bertz CT molecular complexity index is 428. The molecule has 1 aromatic carbocycles. The fraction of sp³-hybridized carbons (Fsp3) is 0.500. The number of hydrogen-bond donors (Lipinski definition) is 0. The third-order valence-corrected chi connectivity index (χ3v) is 2.76. The molecule has 0 saturated carbocycles. The highest BCUT2D eigenvalue weighted by Crippen LogP contribution is 2.38. The molecule has 0 unspecified atom stereocenters. The van der Waals surface area contributed by atoms with Gasteiger partial charge in [-0.05, 0) is 24.1 Å². The van der Waals surface area contributed by atoms with E-state index in [9.17, 15) is 0 Å². The highest BCUT2D eigenvalue weighted by Gasteiger charge is 2.16. The minimum absolute atomic E-state index is 0.201. The van der Waals surface area contributed by atoms with Crippen LogP contribution in [0.15, 0.2) is 12.1 Å². The van der Waals surface area contributed by atoms with Gasteiger partial charge in [0.15, 0.2) is 11.5 Å². The molecule has 0 N–H and O–H groups in total. The lowest BCUT2D eigenvalue weighted by molar-refractivity contribution is 0.172. The smallest absolute Gasteiger partial charge is 0.203 e. The topological polar surface area (TPSA) is 60.7 Å². The number of nitriles is 1. The average molecular weight is 265 g/mol. The molecule has 0 amide bonds. The maximum atomic E-state index is 9.06. The highest BCUT2D eigenvalue weighted by molar-refractivity contribution is 5.54. The maximum absolute atomic E-state index is 9.06. The molecule has 0 aliphatic heterocycles. The van der Waals surface area contributed by atoms with E-state index >= 15 is 0 Å². The van der Waals surface area contributed by atoms with Crippen LogP contribution in [0.1, 0.15) is 5.56 Å². The first-order valence-corrected chi connectivity index (χ1v) is 5.87. The van der Waals surface area contributed by atoms with Crippen molar-refractivity contribution < 1.29 is 18.9 Å². The second kappa shape index (κ2) is 7.49. The standard InChI is InChI=1S/C14H19NO4/c1-16-9-11(8-15)5-10-6-12(17-2)14(19-4)13(7-10)18-3/h6-7,11H,5,9H2,1-4H3/t11-/m0/s1. The van der Waals surface area contributed by atoms with E-state index in [4.69, 9.17) is 24.2 Å². The van der Waals surface area contributed by atoms with Crippen LogP contribution in [0.4, 0.5) is 0 Å². The van der Waals surface area contributed by atoms with Crippen LogP contribution in [-0.2, 0) is 11.2 Å². The molecule has 0 aliphatic carbocycles. The predicted octanol–water partition coefficient (Wildman–Crippen LogP) is 2.04. The first-order valence-electron chi connectivity index (χ1n) is 5.87. The zero-order valence-electron chi connectivity index (χ0n) is 11.7. The molecule has 5 heteroatoms. The van der Waals surface area contributed by atoms with E-state index in [-0.39, 0.29) is 5.92 Å². The summed E-state index contributed by atoms with van der Waals surface area (Å²) < 4.78 is 20.8. The molecule has 0 saturated heterocycles. The Morgan fingerprint density at radius 3 is 2.00 bits per heavy atom. The van der Waals surface area contributed by atoms with Crippen LogP contribution >= 0.6 is 0 Å². The van der Waals surface area contributed by atoms with Gasteiger partial charge >= 0.3 is 0 Å². The summed E-state index contributed by atoms with van der Waals surface area (Å²) >= 11 is 0. The minimum Gasteiger partial charge on any atom is -0.493 e. The Labute approximate surface area is 113 Å². The molecule has 1 rings (SSSR count). The van der Waals surface area contributed by atoms with Crippen molar-refractivity contribution in [3.05, 3.63) is 17.7 Å². The molecule has 1 atom stereocenters. The van der Waals surface area contributed by atoms with Crippen LogP contribution in [0.25, 0.3) is 0 Å². The quantitative estimate of drug-likeness (QED) is 0.755. The maximum Gasteiger partial charge on any atom is 0.203 e. The summed E-state index contributed by atoms with van der Waals surface area (Å²) in [7, 11) is 6.28. The van der Waals surface area contributed by atoms with E-state index in [1.54, 1.807) is 28.4 Å². The molecule has 0 aromatic heterocycles. The lowest BCUT2D eigenvalue weighted by atomic mass is 10.0. The molecule has 0 fully saturated rings. The summed E-state index contributed by atoms with van der Waals surface area (Å²) in [6.07, 6.45) is 0.570. The van der Waals surface area contributed by atoms with Gasteiger partial charge in [-0.3, -0.25) is 0 Å². The number of hydrogen-bond acceptors (Lipinski definition) is 5.